The van der Waals surface area contributed by atoms with Crippen LogP contribution >= 0.6 is 0 Å². The molecule has 2 heterocycles. The average molecular weight is 425 g/mol. The molecule has 1 atom stereocenters. The Bertz CT molecular complexity index is 1270. The molecule has 3 aromatic rings. The number of carbonyl (C=O) groups is 2. The predicted octanol–water partition coefficient (Wildman–Crippen LogP) is 3.90. The standard InChI is InChI=1S/C25H19N3O4/c1-15-13-17(8-11-20(15)32-2)23(29)21-22(19-5-3-4-12-27-19)28(25(31)24(21)30)18-9-6-16(14-26)7-10-18/h3-13,22,29H,1-2H3/b23-21-. The van der Waals surface area contributed by atoms with Crippen molar-refractivity contribution in [1.82, 2.24) is 4.98 Å². The van der Waals surface area contributed by atoms with Gasteiger partial charge in [-0.05, 0) is 67.1 Å². The molecule has 1 saturated heterocycles. The Kier molecular flexibility index (Phi) is 5.44. The molecule has 0 radical (unpaired) electrons. The van der Waals surface area contributed by atoms with Crippen molar-refractivity contribution < 1.29 is 19.4 Å². The van der Waals surface area contributed by atoms with Crippen LogP contribution in [0.4, 0.5) is 5.69 Å². The molecule has 1 aromatic heterocycles. The van der Waals surface area contributed by atoms with E-state index in [9.17, 15) is 14.7 Å². The van der Waals surface area contributed by atoms with Crippen LogP contribution in [0.2, 0.25) is 0 Å². The number of hydrogen-bond donors (Lipinski definition) is 1. The number of anilines is 1. The van der Waals surface area contributed by atoms with E-state index in [1.807, 2.05) is 13.0 Å². The van der Waals surface area contributed by atoms with Gasteiger partial charge in [0, 0.05) is 17.4 Å². The second kappa shape index (κ2) is 8.36. The van der Waals surface area contributed by atoms with Gasteiger partial charge in [0.1, 0.15) is 17.6 Å². The van der Waals surface area contributed by atoms with E-state index in [4.69, 9.17) is 10.00 Å². The summed E-state index contributed by atoms with van der Waals surface area (Å²) in [5.74, 6) is -1.24. The fourth-order valence-electron chi connectivity index (χ4n) is 3.79. The van der Waals surface area contributed by atoms with Crippen LogP contribution in [0, 0.1) is 18.3 Å². The van der Waals surface area contributed by atoms with E-state index in [-0.39, 0.29) is 11.3 Å². The van der Waals surface area contributed by atoms with E-state index in [2.05, 4.69) is 4.98 Å². The molecule has 1 unspecified atom stereocenters. The summed E-state index contributed by atoms with van der Waals surface area (Å²) in [5.41, 5.74) is 2.39. The molecule has 1 amide bonds. The highest BCUT2D eigenvalue weighted by Gasteiger charge is 2.47. The molecule has 1 aliphatic rings. The summed E-state index contributed by atoms with van der Waals surface area (Å²) < 4.78 is 5.27. The molecule has 32 heavy (non-hydrogen) atoms. The molecule has 158 valence electrons. The van der Waals surface area contributed by atoms with Gasteiger partial charge in [0.15, 0.2) is 0 Å². The first-order valence-electron chi connectivity index (χ1n) is 9.83. The van der Waals surface area contributed by atoms with Crippen molar-refractivity contribution >= 4 is 23.1 Å². The number of aliphatic hydroxyl groups excluding tert-OH is 1. The number of amides is 1. The predicted molar refractivity (Wildman–Crippen MR) is 118 cm³/mol. The minimum atomic E-state index is -0.924. The van der Waals surface area contributed by atoms with E-state index in [1.165, 1.54) is 4.90 Å². The summed E-state index contributed by atoms with van der Waals surface area (Å²) in [6.45, 7) is 1.82. The fraction of sp³-hybridized carbons (Fsp3) is 0.120. The third kappa shape index (κ3) is 3.48. The van der Waals surface area contributed by atoms with Crippen LogP contribution in [0.25, 0.3) is 5.76 Å². The lowest BCUT2D eigenvalue weighted by Crippen LogP contribution is -2.29. The van der Waals surface area contributed by atoms with E-state index in [0.717, 1.165) is 5.56 Å². The molecule has 7 nitrogen and oxygen atoms in total. The van der Waals surface area contributed by atoms with E-state index in [0.29, 0.717) is 28.3 Å². The normalized spacial score (nSPS) is 17.3. The summed E-state index contributed by atoms with van der Waals surface area (Å²) in [6.07, 6.45) is 1.56. The number of ketones is 1. The zero-order valence-electron chi connectivity index (χ0n) is 17.4. The number of hydrogen-bond acceptors (Lipinski definition) is 6. The van der Waals surface area contributed by atoms with Crippen molar-refractivity contribution in [3.8, 4) is 11.8 Å². The molecule has 0 saturated carbocycles. The Morgan fingerprint density at radius 2 is 1.88 bits per heavy atom. The summed E-state index contributed by atoms with van der Waals surface area (Å²) >= 11 is 0. The number of aryl methyl sites for hydroxylation is 1. The van der Waals surface area contributed by atoms with Gasteiger partial charge in [-0.2, -0.15) is 5.26 Å². The average Bonchev–Trinajstić information content (AvgIpc) is 3.09. The van der Waals surface area contributed by atoms with Crippen LogP contribution in [-0.4, -0.2) is 28.9 Å². The number of aliphatic hydroxyl groups is 1. The first-order valence-corrected chi connectivity index (χ1v) is 9.83. The highest BCUT2D eigenvalue weighted by atomic mass is 16.5. The monoisotopic (exact) mass is 425 g/mol. The maximum Gasteiger partial charge on any atom is 0.300 e. The van der Waals surface area contributed by atoms with Crippen molar-refractivity contribution in [1.29, 1.82) is 5.26 Å². The van der Waals surface area contributed by atoms with Crippen molar-refractivity contribution in [2.24, 2.45) is 0 Å². The maximum atomic E-state index is 13.1. The van der Waals surface area contributed by atoms with Crippen LogP contribution in [0.1, 0.15) is 28.4 Å². The summed E-state index contributed by atoms with van der Waals surface area (Å²) in [7, 11) is 1.55. The SMILES string of the molecule is COc1ccc(/C(O)=C2/C(=O)C(=O)N(c3ccc(C#N)cc3)C2c2ccccn2)cc1C. The number of benzene rings is 2. The van der Waals surface area contributed by atoms with Gasteiger partial charge in [0.2, 0.25) is 0 Å². The Morgan fingerprint density at radius 3 is 2.47 bits per heavy atom. The maximum absolute atomic E-state index is 13.1. The van der Waals surface area contributed by atoms with Gasteiger partial charge in [-0.1, -0.05) is 6.07 Å². The number of rotatable bonds is 4. The van der Waals surface area contributed by atoms with E-state index < -0.39 is 17.7 Å². The van der Waals surface area contributed by atoms with Crippen molar-refractivity contribution in [3.63, 3.8) is 0 Å². The molecule has 1 N–H and O–H groups in total. The minimum Gasteiger partial charge on any atom is -0.507 e. The highest BCUT2D eigenvalue weighted by Crippen LogP contribution is 2.41. The van der Waals surface area contributed by atoms with Gasteiger partial charge in [0.05, 0.1) is 30.0 Å². The fourth-order valence-corrected chi connectivity index (χ4v) is 3.79. The van der Waals surface area contributed by atoms with Crippen LogP contribution in [-0.2, 0) is 9.59 Å². The lowest BCUT2D eigenvalue weighted by molar-refractivity contribution is -0.132. The number of Topliss-reactive ketones (excluding diaryl/α,β-unsaturated/α-hetero) is 1. The Hall–Kier alpha value is -4.44. The Morgan fingerprint density at radius 1 is 1.12 bits per heavy atom. The van der Waals surface area contributed by atoms with Gasteiger partial charge < -0.3 is 9.84 Å². The zero-order valence-corrected chi connectivity index (χ0v) is 17.4. The molecule has 4 rings (SSSR count). The molecule has 7 heteroatoms. The number of carbonyl (C=O) groups excluding carboxylic acids is 2. The van der Waals surface area contributed by atoms with Crippen molar-refractivity contribution in [3.05, 3.63) is 94.8 Å². The number of nitrogens with zero attached hydrogens (tertiary/aromatic N) is 3. The van der Waals surface area contributed by atoms with Crippen molar-refractivity contribution in [2.75, 3.05) is 12.0 Å². The second-order valence-corrected chi connectivity index (χ2v) is 7.27. The number of nitriles is 1. The smallest absolute Gasteiger partial charge is 0.300 e. The summed E-state index contributed by atoms with van der Waals surface area (Å²) in [4.78, 5) is 31.8. The molecule has 2 aromatic carbocycles. The van der Waals surface area contributed by atoms with Crippen LogP contribution < -0.4 is 9.64 Å². The summed E-state index contributed by atoms with van der Waals surface area (Å²) in [6, 6.07) is 17.6. The van der Waals surface area contributed by atoms with Crippen molar-refractivity contribution in [2.45, 2.75) is 13.0 Å². The molecular formula is C25H19N3O4. The molecule has 0 aliphatic carbocycles. The van der Waals surface area contributed by atoms with Gasteiger partial charge in [-0.3, -0.25) is 19.5 Å². The van der Waals surface area contributed by atoms with E-state index in [1.54, 1.807) is 74.0 Å². The Balaban J connectivity index is 1.91. The number of ether oxygens (including phenoxy) is 1. The molecule has 1 fully saturated rings. The largest absolute Gasteiger partial charge is 0.507 e. The van der Waals surface area contributed by atoms with Crippen LogP contribution in [0.3, 0.4) is 0 Å². The van der Waals surface area contributed by atoms with Crippen LogP contribution in [0.15, 0.2) is 72.4 Å². The zero-order chi connectivity index (χ0) is 22.8. The van der Waals surface area contributed by atoms with Gasteiger partial charge in [-0.15, -0.1) is 0 Å². The number of methoxy groups -OCH3 is 1. The quantitative estimate of drug-likeness (QED) is 0.386. The lowest BCUT2D eigenvalue weighted by atomic mass is 9.97. The third-order valence-corrected chi connectivity index (χ3v) is 5.36. The van der Waals surface area contributed by atoms with E-state index >= 15 is 0 Å². The minimum absolute atomic E-state index is 0.0531. The second-order valence-electron chi connectivity index (χ2n) is 7.27. The topological polar surface area (TPSA) is 104 Å². The number of aromatic nitrogens is 1. The van der Waals surface area contributed by atoms with Gasteiger partial charge in [0.25, 0.3) is 11.7 Å². The molecular weight excluding hydrogens is 406 g/mol. The van der Waals surface area contributed by atoms with Gasteiger partial charge in [-0.25, -0.2) is 0 Å². The first-order chi connectivity index (χ1) is 15.5. The van der Waals surface area contributed by atoms with Gasteiger partial charge >= 0.3 is 0 Å². The van der Waals surface area contributed by atoms with Crippen LogP contribution in [0.5, 0.6) is 5.75 Å². The third-order valence-electron chi connectivity index (χ3n) is 5.36. The first kappa shape index (κ1) is 20.8. The lowest BCUT2D eigenvalue weighted by Gasteiger charge is -2.24. The highest BCUT2D eigenvalue weighted by molar-refractivity contribution is 6.51. The summed E-state index contributed by atoms with van der Waals surface area (Å²) in [5, 5.41) is 20.2. The number of pyridine rings is 1. The molecule has 1 aliphatic heterocycles. The molecule has 0 spiro atoms. The Labute approximate surface area is 184 Å². The molecule has 0 bridgehead atoms.